The lowest BCUT2D eigenvalue weighted by molar-refractivity contribution is 0.334. The molecule has 17 heavy (non-hydrogen) atoms. The first kappa shape index (κ1) is 11.2. The van der Waals surface area contributed by atoms with Crippen LogP contribution in [0.5, 0.6) is 0 Å². The van der Waals surface area contributed by atoms with Gasteiger partial charge < -0.3 is 9.47 Å². The van der Waals surface area contributed by atoms with Crippen molar-refractivity contribution in [2.75, 3.05) is 19.6 Å². The molecule has 4 nitrogen and oxygen atoms in total. The highest BCUT2D eigenvalue weighted by molar-refractivity contribution is 5.00. The van der Waals surface area contributed by atoms with Crippen molar-refractivity contribution in [2.45, 2.75) is 45.6 Å². The standard InChI is InChI=1S/C13H22N4/c1-11-4-9-17-12(14-15-13(17)10-11)5-8-16-6-2-3-7-16/h11H,2-10H2,1H3. The number of nitrogens with zero attached hydrogens (tertiary/aromatic N) is 4. The van der Waals surface area contributed by atoms with E-state index in [4.69, 9.17) is 0 Å². The minimum Gasteiger partial charge on any atom is -0.315 e. The number of aromatic nitrogens is 3. The molecule has 2 aliphatic rings. The van der Waals surface area contributed by atoms with E-state index in [9.17, 15) is 0 Å². The molecule has 1 aromatic heterocycles. The molecule has 0 bridgehead atoms. The monoisotopic (exact) mass is 234 g/mol. The van der Waals surface area contributed by atoms with E-state index in [0.29, 0.717) is 0 Å². The molecule has 0 spiro atoms. The molecule has 0 aliphatic carbocycles. The molecule has 3 rings (SSSR count). The van der Waals surface area contributed by atoms with Gasteiger partial charge in [-0.15, -0.1) is 10.2 Å². The molecular weight excluding hydrogens is 212 g/mol. The summed E-state index contributed by atoms with van der Waals surface area (Å²) in [6, 6.07) is 0. The Kier molecular flexibility index (Phi) is 3.14. The molecule has 1 saturated heterocycles. The zero-order chi connectivity index (χ0) is 11.7. The minimum atomic E-state index is 0.776. The molecule has 1 atom stereocenters. The first-order valence-corrected chi connectivity index (χ1v) is 6.96. The van der Waals surface area contributed by atoms with Crippen LogP contribution in [0, 0.1) is 5.92 Å². The first-order chi connectivity index (χ1) is 8.33. The Balaban J connectivity index is 1.63. The summed E-state index contributed by atoms with van der Waals surface area (Å²) in [4.78, 5) is 2.55. The van der Waals surface area contributed by atoms with Gasteiger partial charge in [0.1, 0.15) is 11.6 Å². The Hall–Kier alpha value is -0.900. The van der Waals surface area contributed by atoms with Gasteiger partial charge in [-0.25, -0.2) is 0 Å². The lowest BCUT2D eigenvalue weighted by Gasteiger charge is -2.21. The van der Waals surface area contributed by atoms with E-state index in [1.807, 2.05) is 0 Å². The van der Waals surface area contributed by atoms with Crippen molar-refractivity contribution in [3.05, 3.63) is 11.6 Å². The van der Waals surface area contributed by atoms with E-state index < -0.39 is 0 Å². The van der Waals surface area contributed by atoms with Crippen LogP contribution in [0.2, 0.25) is 0 Å². The number of hydrogen-bond donors (Lipinski definition) is 0. The third-order valence-corrected chi connectivity index (χ3v) is 4.13. The zero-order valence-electron chi connectivity index (χ0n) is 10.7. The van der Waals surface area contributed by atoms with Crippen molar-refractivity contribution in [1.29, 1.82) is 0 Å². The van der Waals surface area contributed by atoms with Gasteiger partial charge in [-0.3, -0.25) is 0 Å². The molecule has 0 N–H and O–H groups in total. The van der Waals surface area contributed by atoms with Gasteiger partial charge in [0, 0.05) is 25.9 Å². The fourth-order valence-electron chi connectivity index (χ4n) is 2.99. The van der Waals surface area contributed by atoms with Gasteiger partial charge in [0.05, 0.1) is 0 Å². The maximum Gasteiger partial charge on any atom is 0.134 e. The highest BCUT2D eigenvalue weighted by atomic mass is 15.3. The van der Waals surface area contributed by atoms with Crippen molar-refractivity contribution < 1.29 is 0 Å². The van der Waals surface area contributed by atoms with E-state index in [2.05, 4.69) is 26.6 Å². The minimum absolute atomic E-state index is 0.776. The lowest BCUT2D eigenvalue weighted by Crippen LogP contribution is -2.24. The van der Waals surface area contributed by atoms with Gasteiger partial charge in [0.15, 0.2) is 0 Å². The molecule has 2 aliphatic heterocycles. The summed E-state index contributed by atoms with van der Waals surface area (Å²) in [6.45, 7) is 7.14. The number of hydrogen-bond acceptors (Lipinski definition) is 3. The Morgan fingerprint density at radius 1 is 1.18 bits per heavy atom. The predicted molar refractivity (Wildman–Crippen MR) is 66.9 cm³/mol. The Labute approximate surface area is 103 Å². The van der Waals surface area contributed by atoms with Gasteiger partial charge in [-0.1, -0.05) is 6.92 Å². The smallest absolute Gasteiger partial charge is 0.134 e. The highest BCUT2D eigenvalue weighted by Gasteiger charge is 2.20. The van der Waals surface area contributed by atoms with Gasteiger partial charge in [0.25, 0.3) is 0 Å². The summed E-state index contributed by atoms with van der Waals surface area (Å²) in [7, 11) is 0. The second-order valence-electron chi connectivity index (χ2n) is 5.58. The van der Waals surface area contributed by atoms with Gasteiger partial charge in [-0.05, 0) is 38.3 Å². The first-order valence-electron chi connectivity index (χ1n) is 6.96. The zero-order valence-corrected chi connectivity index (χ0v) is 10.7. The molecule has 0 saturated carbocycles. The van der Waals surface area contributed by atoms with Crippen LogP contribution in [0.1, 0.15) is 37.8 Å². The Morgan fingerprint density at radius 3 is 2.82 bits per heavy atom. The van der Waals surface area contributed by atoms with Crippen LogP contribution in [-0.4, -0.2) is 39.3 Å². The van der Waals surface area contributed by atoms with Crippen LogP contribution >= 0.6 is 0 Å². The molecule has 0 amide bonds. The SMILES string of the molecule is CC1CCn2c(CCN3CCCC3)nnc2C1. The molecular formula is C13H22N4. The fourth-order valence-corrected chi connectivity index (χ4v) is 2.99. The normalized spacial score (nSPS) is 25.1. The van der Waals surface area contributed by atoms with Crippen LogP contribution in [0.25, 0.3) is 0 Å². The van der Waals surface area contributed by atoms with Crippen molar-refractivity contribution in [3.63, 3.8) is 0 Å². The van der Waals surface area contributed by atoms with Crippen molar-refractivity contribution in [2.24, 2.45) is 5.92 Å². The summed E-state index contributed by atoms with van der Waals surface area (Å²) in [5.74, 6) is 3.19. The summed E-state index contributed by atoms with van der Waals surface area (Å²) in [6.07, 6.45) is 6.20. The summed E-state index contributed by atoms with van der Waals surface area (Å²) < 4.78 is 2.36. The third kappa shape index (κ3) is 2.37. The van der Waals surface area contributed by atoms with Crippen LogP contribution < -0.4 is 0 Å². The second-order valence-corrected chi connectivity index (χ2v) is 5.58. The van der Waals surface area contributed by atoms with Crippen LogP contribution in [-0.2, 0) is 19.4 Å². The number of fused-ring (bicyclic) bond motifs is 1. The summed E-state index contributed by atoms with van der Waals surface area (Å²) in [5.41, 5.74) is 0. The largest absolute Gasteiger partial charge is 0.315 e. The Bertz CT molecular complexity index is 379. The third-order valence-electron chi connectivity index (χ3n) is 4.13. The Morgan fingerprint density at radius 2 is 2.00 bits per heavy atom. The van der Waals surface area contributed by atoms with E-state index in [0.717, 1.165) is 31.8 Å². The van der Waals surface area contributed by atoms with E-state index in [1.165, 1.54) is 44.0 Å². The average molecular weight is 234 g/mol. The average Bonchev–Trinajstić information content (AvgIpc) is 2.94. The van der Waals surface area contributed by atoms with Crippen molar-refractivity contribution in [3.8, 4) is 0 Å². The molecule has 0 radical (unpaired) electrons. The van der Waals surface area contributed by atoms with Crippen molar-refractivity contribution in [1.82, 2.24) is 19.7 Å². The predicted octanol–water partition coefficient (Wildman–Crippen LogP) is 1.50. The summed E-state index contributed by atoms with van der Waals surface area (Å²) >= 11 is 0. The van der Waals surface area contributed by atoms with Gasteiger partial charge >= 0.3 is 0 Å². The fraction of sp³-hybridized carbons (Fsp3) is 0.846. The topological polar surface area (TPSA) is 34.0 Å². The molecule has 1 fully saturated rings. The molecule has 94 valence electrons. The number of likely N-dealkylation sites (tertiary alicyclic amines) is 1. The number of rotatable bonds is 3. The molecule has 1 unspecified atom stereocenters. The van der Waals surface area contributed by atoms with Crippen LogP contribution in [0.15, 0.2) is 0 Å². The van der Waals surface area contributed by atoms with E-state index in [1.54, 1.807) is 0 Å². The summed E-state index contributed by atoms with van der Waals surface area (Å²) in [5, 5.41) is 8.73. The van der Waals surface area contributed by atoms with Crippen molar-refractivity contribution >= 4 is 0 Å². The second kappa shape index (κ2) is 4.77. The molecule has 1 aromatic rings. The van der Waals surface area contributed by atoms with Gasteiger partial charge in [0.2, 0.25) is 0 Å². The molecule has 4 heteroatoms. The van der Waals surface area contributed by atoms with Crippen LogP contribution in [0.3, 0.4) is 0 Å². The maximum atomic E-state index is 4.38. The van der Waals surface area contributed by atoms with E-state index >= 15 is 0 Å². The van der Waals surface area contributed by atoms with Crippen LogP contribution in [0.4, 0.5) is 0 Å². The maximum absolute atomic E-state index is 4.38. The highest BCUT2D eigenvalue weighted by Crippen LogP contribution is 2.20. The van der Waals surface area contributed by atoms with Gasteiger partial charge in [-0.2, -0.15) is 0 Å². The molecule has 3 heterocycles. The molecule has 0 aromatic carbocycles. The quantitative estimate of drug-likeness (QED) is 0.795. The van der Waals surface area contributed by atoms with E-state index in [-0.39, 0.29) is 0 Å². The lowest BCUT2D eigenvalue weighted by atomic mass is 10.0.